The Morgan fingerprint density at radius 1 is 1.09 bits per heavy atom. The van der Waals surface area contributed by atoms with Crippen molar-refractivity contribution in [3.8, 4) is 22.6 Å². The van der Waals surface area contributed by atoms with E-state index < -0.39 is 28.3 Å². The molecule has 0 aliphatic rings. The summed E-state index contributed by atoms with van der Waals surface area (Å²) < 4.78 is 12.4. The number of nitrogens with zero attached hydrogens (tertiary/aromatic N) is 1. The lowest BCUT2D eigenvalue weighted by molar-refractivity contribution is -0.167. The molecule has 35 heavy (non-hydrogen) atoms. The molecule has 3 rings (SSSR count). The van der Waals surface area contributed by atoms with Crippen LogP contribution < -0.4 is 5.32 Å². The number of amides is 1. The number of carbonyl (C=O) groups is 3. The number of nitrogens with one attached hydrogen (secondary N) is 1. The van der Waals surface area contributed by atoms with Crippen molar-refractivity contribution >= 4 is 69.9 Å². The Hall–Kier alpha value is -2.78. The van der Waals surface area contributed by atoms with Gasteiger partial charge < -0.3 is 19.3 Å². The Labute approximate surface area is 220 Å². The molecule has 0 aliphatic carbocycles. The van der Waals surface area contributed by atoms with Crippen LogP contribution in [0.25, 0.3) is 22.6 Å². The van der Waals surface area contributed by atoms with Crippen LogP contribution in [-0.4, -0.2) is 40.0 Å². The van der Waals surface area contributed by atoms with E-state index in [2.05, 4.69) is 10.5 Å². The molecular weight excluding hydrogens is 542 g/mol. The number of halogens is 4. The zero-order valence-electron chi connectivity index (χ0n) is 18.3. The number of hydrogen-bond acceptors (Lipinski definition) is 7. The van der Waals surface area contributed by atoms with Crippen LogP contribution in [0.5, 0.6) is 0 Å². The second-order valence-corrected chi connectivity index (χ2v) is 9.22. The van der Waals surface area contributed by atoms with Crippen molar-refractivity contribution in [2.24, 2.45) is 0 Å². The summed E-state index contributed by atoms with van der Waals surface area (Å²) in [7, 11) is 0. The molecule has 1 amide bonds. The van der Waals surface area contributed by atoms with Gasteiger partial charge in [0.1, 0.15) is 5.69 Å². The number of anilines is 1. The third kappa shape index (κ3) is 6.27. The highest BCUT2D eigenvalue weighted by Gasteiger charge is 2.45. The highest BCUT2D eigenvalue weighted by molar-refractivity contribution is 6.68. The number of benzene rings is 2. The first-order chi connectivity index (χ1) is 16.5. The van der Waals surface area contributed by atoms with Crippen LogP contribution in [0.2, 0.25) is 10.0 Å². The Balaban J connectivity index is 1.75. The molecule has 1 atom stereocenters. The first kappa shape index (κ1) is 26.8. The zero-order valence-corrected chi connectivity index (χ0v) is 21.3. The van der Waals surface area contributed by atoms with E-state index in [1.54, 1.807) is 55.5 Å². The summed E-state index contributed by atoms with van der Waals surface area (Å²) in [5, 5.41) is 7.26. The van der Waals surface area contributed by atoms with Crippen molar-refractivity contribution in [1.82, 2.24) is 5.16 Å². The van der Waals surface area contributed by atoms with Gasteiger partial charge in [-0.15, -0.1) is 0 Å². The van der Waals surface area contributed by atoms with Crippen LogP contribution in [-0.2, 0) is 23.9 Å². The normalized spacial score (nSPS) is 12.1. The molecule has 184 valence electrons. The number of aromatic nitrogens is 1. The standard InChI is InChI=1S/C23H18Cl4N2O6/c1-3-33-20(30)12(2)34-22(32)23(26,27)21(31)28-14-7-4-6-13(10-14)18-11-17(29-35-18)19-15(24)8-5-9-16(19)25/h4-12H,3H2,1-2H3,(H,28,31). The molecule has 8 nitrogen and oxygen atoms in total. The maximum Gasteiger partial charge on any atom is 0.353 e. The van der Waals surface area contributed by atoms with Crippen LogP contribution in [0, 0.1) is 0 Å². The van der Waals surface area contributed by atoms with E-state index in [-0.39, 0.29) is 12.3 Å². The highest BCUT2D eigenvalue weighted by Crippen LogP contribution is 2.36. The molecular formula is C23H18Cl4N2O6. The van der Waals surface area contributed by atoms with Gasteiger partial charge in [0.15, 0.2) is 11.9 Å². The number of carbonyl (C=O) groups excluding carboxylic acids is 3. The van der Waals surface area contributed by atoms with Gasteiger partial charge >= 0.3 is 11.9 Å². The summed E-state index contributed by atoms with van der Waals surface area (Å²) in [4.78, 5) is 36.6. The lowest BCUT2D eigenvalue weighted by Gasteiger charge is -2.20. The SMILES string of the molecule is CCOC(=O)C(C)OC(=O)C(Cl)(Cl)C(=O)Nc1cccc(-c2cc(-c3c(Cl)cccc3Cl)no2)c1. The van der Waals surface area contributed by atoms with Crippen LogP contribution in [0.4, 0.5) is 5.69 Å². The van der Waals surface area contributed by atoms with Gasteiger partial charge in [-0.3, -0.25) is 4.79 Å². The lowest BCUT2D eigenvalue weighted by Crippen LogP contribution is -2.43. The fourth-order valence-electron chi connectivity index (χ4n) is 2.87. The van der Waals surface area contributed by atoms with Gasteiger partial charge in [0, 0.05) is 22.9 Å². The van der Waals surface area contributed by atoms with Crippen LogP contribution in [0.15, 0.2) is 53.1 Å². The lowest BCUT2D eigenvalue weighted by atomic mass is 10.1. The molecule has 2 aromatic carbocycles. The Morgan fingerprint density at radius 2 is 1.74 bits per heavy atom. The third-order valence-corrected chi connectivity index (χ3v) is 5.86. The minimum absolute atomic E-state index is 0.0859. The quantitative estimate of drug-likeness (QED) is 0.207. The maximum absolute atomic E-state index is 12.6. The van der Waals surface area contributed by atoms with Crippen molar-refractivity contribution < 1.29 is 28.4 Å². The second kappa shape index (κ2) is 11.3. The molecule has 0 spiro atoms. The summed E-state index contributed by atoms with van der Waals surface area (Å²) in [6.45, 7) is 2.94. The predicted octanol–water partition coefficient (Wildman–Crippen LogP) is 5.92. The average molecular weight is 560 g/mol. The van der Waals surface area contributed by atoms with Crippen molar-refractivity contribution in [1.29, 1.82) is 0 Å². The van der Waals surface area contributed by atoms with Gasteiger partial charge in [-0.05, 0) is 38.1 Å². The van der Waals surface area contributed by atoms with E-state index in [4.69, 9.17) is 60.4 Å². The topological polar surface area (TPSA) is 108 Å². The number of alkyl halides is 2. The molecule has 1 aromatic heterocycles. The number of esters is 2. The fraction of sp³-hybridized carbons (Fsp3) is 0.217. The summed E-state index contributed by atoms with van der Waals surface area (Å²) in [5.74, 6) is -2.85. The summed E-state index contributed by atoms with van der Waals surface area (Å²) in [5.41, 5.74) is 1.72. The highest BCUT2D eigenvalue weighted by atomic mass is 35.5. The van der Waals surface area contributed by atoms with Gasteiger partial charge in [-0.2, -0.15) is 0 Å². The van der Waals surface area contributed by atoms with Crippen LogP contribution in [0.1, 0.15) is 13.8 Å². The first-order valence-corrected chi connectivity index (χ1v) is 11.6. The number of rotatable bonds is 8. The minimum atomic E-state index is -2.63. The summed E-state index contributed by atoms with van der Waals surface area (Å²) >= 11 is 24.4. The monoisotopic (exact) mass is 558 g/mol. The first-order valence-electron chi connectivity index (χ1n) is 10.1. The molecule has 0 aliphatic heterocycles. The zero-order chi connectivity index (χ0) is 25.8. The van der Waals surface area contributed by atoms with Gasteiger partial charge in [-0.1, -0.05) is 69.8 Å². The summed E-state index contributed by atoms with van der Waals surface area (Å²) in [6, 6.07) is 13.1. The largest absolute Gasteiger partial charge is 0.463 e. The van der Waals surface area contributed by atoms with Gasteiger partial charge in [0.05, 0.1) is 16.7 Å². The van der Waals surface area contributed by atoms with Crippen molar-refractivity contribution in [3.05, 3.63) is 58.6 Å². The van der Waals surface area contributed by atoms with Gasteiger partial charge in [-0.25, -0.2) is 9.59 Å². The number of ether oxygens (including phenoxy) is 2. The molecule has 0 radical (unpaired) electrons. The maximum atomic E-state index is 12.6. The van der Waals surface area contributed by atoms with Gasteiger partial charge in [0.25, 0.3) is 10.2 Å². The van der Waals surface area contributed by atoms with Crippen molar-refractivity contribution in [2.45, 2.75) is 24.3 Å². The van der Waals surface area contributed by atoms with E-state index in [1.165, 1.54) is 6.92 Å². The molecule has 1 heterocycles. The minimum Gasteiger partial charge on any atom is -0.463 e. The Bertz CT molecular complexity index is 1240. The number of hydrogen-bond donors (Lipinski definition) is 1. The van der Waals surface area contributed by atoms with Crippen LogP contribution >= 0.6 is 46.4 Å². The van der Waals surface area contributed by atoms with Gasteiger partial charge in [0.2, 0.25) is 0 Å². The van der Waals surface area contributed by atoms with E-state index in [0.29, 0.717) is 32.6 Å². The van der Waals surface area contributed by atoms with Crippen molar-refractivity contribution in [3.63, 3.8) is 0 Å². The molecule has 1 N–H and O–H groups in total. The van der Waals surface area contributed by atoms with Crippen LogP contribution in [0.3, 0.4) is 0 Å². The van der Waals surface area contributed by atoms with Crippen molar-refractivity contribution in [2.75, 3.05) is 11.9 Å². The smallest absolute Gasteiger partial charge is 0.353 e. The molecule has 3 aromatic rings. The molecule has 0 fully saturated rings. The molecule has 1 unspecified atom stereocenters. The van der Waals surface area contributed by atoms with E-state index >= 15 is 0 Å². The molecule has 0 saturated heterocycles. The average Bonchev–Trinajstić information content (AvgIpc) is 3.29. The second-order valence-electron chi connectivity index (χ2n) is 7.08. The fourth-order valence-corrected chi connectivity index (χ4v) is 3.64. The van der Waals surface area contributed by atoms with E-state index in [1.807, 2.05) is 0 Å². The van der Waals surface area contributed by atoms with E-state index in [0.717, 1.165) is 0 Å². The third-order valence-electron chi connectivity index (χ3n) is 4.58. The Kier molecular flexibility index (Phi) is 8.66. The molecule has 0 saturated carbocycles. The predicted molar refractivity (Wildman–Crippen MR) is 133 cm³/mol. The van der Waals surface area contributed by atoms with E-state index in [9.17, 15) is 14.4 Å². The molecule has 12 heteroatoms. The molecule has 0 bridgehead atoms. The Morgan fingerprint density at radius 3 is 2.40 bits per heavy atom. The summed E-state index contributed by atoms with van der Waals surface area (Å²) in [6.07, 6.45) is -1.30.